The van der Waals surface area contributed by atoms with Crippen LogP contribution in [0.5, 0.6) is 0 Å². The van der Waals surface area contributed by atoms with Crippen LogP contribution in [-0.2, 0) is 9.59 Å². The summed E-state index contributed by atoms with van der Waals surface area (Å²) in [5.41, 5.74) is 0. The number of amides is 2. The zero-order chi connectivity index (χ0) is 13.8. The Kier molecular flexibility index (Phi) is 4.76. The molecule has 1 aliphatic carbocycles. The van der Waals surface area contributed by atoms with Gasteiger partial charge in [0.05, 0.1) is 6.54 Å². The van der Waals surface area contributed by atoms with Gasteiger partial charge in [-0.2, -0.15) is 0 Å². The van der Waals surface area contributed by atoms with Crippen molar-refractivity contribution in [2.45, 2.75) is 31.8 Å². The van der Waals surface area contributed by atoms with Crippen molar-refractivity contribution in [1.29, 1.82) is 0 Å². The molecule has 6 nitrogen and oxygen atoms in total. The van der Waals surface area contributed by atoms with Crippen LogP contribution in [0.1, 0.15) is 19.8 Å². The van der Waals surface area contributed by atoms with Crippen molar-refractivity contribution in [2.75, 3.05) is 39.8 Å². The Morgan fingerprint density at radius 3 is 2.79 bits per heavy atom. The summed E-state index contributed by atoms with van der Waals surface area (Å²) in [5.74, 6) is 0.135. The molecule has 0 aromatic heterocycles. The number of carbonyl (C=O) groups excluding carboxylic acids is 2. The van der Waals surface area contributed by atoms with Crippen LogP contribution in [0.4, 0.5) is 0 Å². The van der Waals surface area contributed by atoms with Gasteiger partial charge < -0.3 is 15.5 Å². The summed E-state index contributed by atoms with van der Waals surface area (Å²) in [6.07, 6.45) is 2.23. The number of nitrogens with zero attached hydrogens (tertiary/aromatic N) is 2. The van der Waals surface area contributed by atoms with E-state index in [4.69, 9.17) is 0 Å². The fraction of sp³-hybridized carbons (Fsp3) is 0.846. The topological polar surface area (TPSA) is 64.7 Å². The van der Waals surface area contributed by atoms with Crippen molar-refractivity contribution in [3.05, 3.63) is 0 Å². The normalized spacial score (nSPS) is 24.0. The average Bonchev–Trinajstić information content (AvgIpc) is 3.23. The molecular formula is C13H24N4O2. The molecule has 1 atom stereocenters. The molecule has 1 saturated heterocycles. The molecule has 2 amide bonds. The third-order valence-corrected chi connectivity index (χ3v) is 3.83. The van der Waals surface area contributed by atoms with Crippen LogP contribution in [-0.4, -0.2) is 73.5 Å². The fourth-order valence-corrected chi connectivity index (χ4v) is 2.44. The van der Waals surface area contributed by atoms with Crippen LogP contribution in [0, 0.1) is 0 Å². The molecule has 2 N–H and O–H groups in total. The van der Waals surface area contributed by atoms with Crippen LogP contribution >= 0.6 is 0 Å². The van der Waals surface area contributed by atoms with Gasteiger partial charge in [-0.3, -0.25) is 14.5 Å². The zero-order valence-electron chi connectivity index (χ0n) is 11.8. The van der Waals surface area contributed by atoms with E-state index in [1.54, 1.807) is 0 Å². The molecular weight excluding hydrogens is 244 g/mol. The van der Waals surface area contributed by atoms with Crippen LogP contribution in [0.25, 0.3) is 0 Å². The molecule has 6 heteroatoms. The minimum atomic E-state index is -0.231. The smallest absolute Gasteiger partial charge is 0.238 e. The second-order valence-corrected chi connectivity index (χ2v) is 5.32. The Balaban J connectivity index is 1.91. The van der Waals surface area contributed by atoms with Crippen molar-refractivity contribution in [2.24, 2.45) is 0 Å². The zero-order valence-corrected chi connectivity index (χ0v) is 11.8. The number of rotatable bonds is 5. The Hall–Kier alpha value is -1.14. The lowest BCUT2D eigenvalue weighted by Gasteiger charge is -2.35. The third kappa shape index (κ3) is 3.67. The van der Waals surface area contributed by atoms with Gasteiger partial charge in [0.15, 0.2) is 0 Å². The van der Waals surface area contributed by atoms with Crippen molar-refractivity contribution < 1.29 is 9.59 Å². The number of nitrogens with one attached hydrogen (secondary N) is 2. The van der Waals surface area contributed by atoms with Crippen molar-refractivity contribution in [1.82, 2.24) is 20.4 Å². The van der Waals surface area contributed by atoms with Crippen LogP contribution in [0.2, 0.25) is 0 Å². The van der Waals surface area contributed by atoms with Crippen LogP contribution < -0.4 is 10.6 Å². The van der Waals surface area contributed by atoms with E-state index in [0.717, 1.165) is 25.9 Å². The van der Waals surface area contributed by atoms with Crippen molar-refractivity contribution >= 4 is 11.8 Å². The maximum atomic E-state index is 12.2. The summed E-state index contributed by atoms with van der Waals surface area (Å²) in [5, 5.41) is 6.05. The number of hydrogen-bond acceptors (Lipinski definition) is 4. The molecule has 1 saturated carbocycles. The van der Waals surface area contributed by atoms with Crippen molar-refractivity contribution in [3.63, 3.8) is 0 Å². The van der Waals surface area contributed by atoms with Gasteiger partial charge in [-0.25, -0.2) is 0 Å². The predicted octanol–water partition coefficient (Wildman–Crippen LogP) is -0.983. The molecule has 1 heterocycles. The molecule has 1 unspecified atom stereocenters. The van der Waals surface area contributed by atoms with Gasteiger partial charge >= 0.3 is 0 Å². The Morgan fingerprint density at radius 1 is 1.42 bits per heavy atom. The second kappa shape index (κ2) is 6.34. The van der Waals surface area contributed by atoms with E-state index in [-0.39, 0.29) is 17.9 Å². The predicted molar refractivity (Wildman–Crippen MR) is 72.7 cm³/mol. The van der Waals surface area contributed by atoms with Gasteiger partial charge in [0, 0.05) is 39.3 Å². The average molecular weight is 268 g/mol. The molecule has 0 radical (unpaired) electrons. The van der Waals surface area contributed by atoms with E-state index in [1.807, 2.05) is 23.8 Å². The van der Waals surface area contributed by atoms with Gasteiger partial charge in [-0.15, -0.1) is 0 Å². The van der Waals surface area contributed by atoms with Crippen LogP contribution in [0.15, 0.2) is 0 Å². The molecule has 108 valence electrons. The number of carbonyl (C=O) groups is 2. The highest BCUT2D eigenvalue weighted by Gasteiger charge is 2.33. The minimum Gasteiger partial charge on any atom is -0.355 e. The SMILES string of the molecule is CCNC(=O)C1CNCCN1CC(=O)N(C)C1CC1. The lowest BCUT2D eigenvalue weighted by molar-refractivity contribution is -0.134. The van der Waals surface area contributed by atoms with Crippen molar-refractivity contribution in [3.8, 4) is 0 Å². The van der Waals surface area contributed by atoms with E-state index in [2.05, 4.69) is 10.6 Å². The highest BCUT2D eigenvalue weighted by Crippen LogP contribution is 2.25. The number of hydrogen-bond donors (Lipinski definition) is 2. The quantitative estimate of drug-likeness (QED) is 0.672. The molecule has 0 spiro atoms. The molecule has 2 rings (SSSR count). The first kappa shape index (κ1) is 14.3. The van der Waals surface area contributed by atoms with Gasteiger partial charge in [-0.05, 0) is 19.8 Å². The van der Waals surface area contributed by atoms with Gasteiger partial charge in [0.1, 0.15) is 6.04 Å². The Morgan fingerprint density at radius 2 is 2.16 bits per heavy atom. The van der Waals surface area contributed by atoms with Crippen LogP contribution in [0.3, 0.4) is 0 Å². The highest BCUT2D eigenvalue weighted by atomic mass is 16.2. The van der Waals surface area contributed by atoms with Gasteiger partial charge in [-0.1, -0.05) is 0 Å². The third-order valence-electron chi connectivity index (χ3n) is 3.83. The Labute approximate surface area is 114 Å². The first-order valence-electron chi connectivity index (χ1n) is 7.11. The van der Waals surface area contributed by atoms with E-state index < -0.39 is 0 Å². The minimum absolute atomic E-state index is 0.0107. The summed E-state index contributed by atoms with van der Waals surface area (Å²) in [4.78, 5) is 28.0. The second-order valence-electron chi connectivity index (χ2n) is 5.32. The Bertz CT molecular complexity index is 344. The van der Waals surface area contributed by atoms with E-state index in [0.29, 0.717) is 25.7 Å². The molecule has 0 aromatic rings. The van der Waals surface area contributed by atoms with E-state index in [9.17, 15) is 9.59 Å². The highest BCUT2D eigenvalue weighted by molar-refractivity contribution is 5.84. The summed E-state index contributed by atoms with van der Waals surface area (Å²) in [6, 6.07) is 0.198. The van der Waals surface area contributed by atoms with Gasteiger partial charge in [0.25, 0.3) is 0 Å². The first-order valence-corrected chi connectivity index (χ1v) is 7.11. The maximum Gasteiger partial charge on any atom is 0.238 e. The summed E-state index contributed by atoms with van der Waals surface area (Å²) in [7, 11) is 1.86. The molecule has 2 fully saturated rings. The van der Waals surface area contributed by atoms with Gasteiger partial charge in [0.2, 0.25) is 11.8 Å². The monoisotopic (exact) mass is 268 g/mol. The molecule has 0 aromatic carbocycles. The van der Waals surface area contributed by atoms with E-state index in [1.165, 1.54) is 0 Å². The summed E-state index contributed by atoms with van der Waals surface area (Å²) in [6.45, 7) is 5.06. The largest absolute Gasteiger partial charge is 0.355 e. The molecule has 2 aliphatic rings. The lowest BCUT2D eigenvalue weighted by atomic mass is 10.1. The number of piperazine rings is 1. The fourth-order valence-electron chi connectivity index (χ4n) is 2.44. The van der Waals surface area contributed by atoms with E-state index >= 15 is 0 Å². The first-order chi connectivity index (χ1) is 9.13. The molecule has 1 aliphatic heterocycles. The molecule has 0 bridgehead atoms. The summed E-state index contributed by atoms with van der Waals surface area (Å²) >= 11 is 0. The number of likely N-dealkylation sites (N-methyl/N-ethyl adjacent to an activating group) is 2. The lowest BCUT2D eigenvalue weighted by Crippen LogP contribution is -2.59. The standard InChI is InChI=1S/C13H24N4O2/c1-3-15-13(19)11-8-14-6-7-17(11)9-12(18)16(2)10-4-5-10/h10-11,14H,3-9H2,1-2H3,(H,15,19). The summed E-state index contributed by atoms with van der Waals surface area (Å²) < 4.78 is 0. The maximum absolute atomic E-state index is 12.2. The molecule has 19 heavy (non-hydrogen) atoms.